The summed E-state index contributed by atoms with van der Waals surface area (Å²) in [5.74, 6) is 0.244. The van der Waals surface area contributed by atoms with E-state index in [4.69, 9.17) is 4.42 Å². The Morgan fingerprint density at radius 1 is 1.38 bits per heavy atom. The van der Waals surface area contributed by atoms with Gasteiger partial charge in [-0.3, -0.25) is 0 Å². The Morgan fingerprint density at radius 2 is 2.15 bits per heavy atom. The standard InChI is InChI=1S/C10H14O3/c1-2-3-4-5-9-6-8(11)7-10(12)13-9/h6-7,11H,2-5H2,1H3/p-1. The van der Waals surface area contributed by atoms with E-state index >= 15 is 0 Å². The predicted molar refractivity (Wildman–Crippen MR) is 47.7 cm³/mol. The summed E-state index contributed by atoms with van der Waals surface area (Å²) in [5.41, 5.74) is -0.543. The van der Waals surface area contributed by atoms with Gasteiger partial charge in [-0.1, -0.05) is 25.5 Å². The zero-order valence-electron chi connectivity index (χ0n) is 7.71. The van der Waals surface area contributed by atoms with E-state index < -0.39 is 5.63 Å². The highest BCUT2D eigenvalue weighted by atomic mass is 16.4. The van der Waals surface area contributed by atoms with Crippen molar-refractivity contribution < 1.29 is 9.52 Å². The van der Waals surface area contributed by atoms with Gasteiger partial charge in [0.2, 0.25) is 0 Å². The van der Waals surface area contributed by atoms with E-state index in [0.717, 1.165) is 25.3 Å². The number of aryl methyl sites for hydroxylation is 1. The van der Waals surface area contributed by atoms with Gasteiger partial charge in [0, 0.05) is 12.5 Å². The fourth-order valence-corrected chi connectivity index (χ4v) is 1.18. The Bertz CT molecular complexity index is 314. The van der Waals surface area contributed by atoms with Crippen LogP contribution < -0.4 is 10.7 Å². The Hall–Kier alpha value is -1.25. The van der Waals surface area contributed by atoms with Crippen LogP contribution in [0.25, 0.3) is 0 Å². The Labute approximate surface area is 77.0 Å². The van der Waals surface area contributed by atoms with E-state index in [0.29, 0.717) is 12.2 Å². The fourth-order valence-electron chi connectivity index (χ4n) is 1.18. The SMILES string of the molecule is CCCCCc1cc([O-])cc(=O)o1. The van der Waals surface area contributed by atoms with Gasteiger partial charge in [0.15, 0.2) is 0 Å². The van der Waals surface area contributed by atoms with Gasteiger partial charge in [0.05, 0.1) is 0 Å². The van der Waals surface area contributed by atoms with E-state index in [2.05, 4.69) is 6.92 Å². The van der Waals surface area contributed by atoms with E-state index in [1.807, 2.05) is 0 Å². The summed E-state index contributed by atoms with van der Waals surface area (Å²) in [6.07, 6.45) is 3.84. The van der Waals surface area contributed by atoms with Gasteiger partial charge < -0.3 is 9.52 Å². The number of rotatable bonds is 4. The topological polar surface area (TPSA) is 53.3 Å². The second-order valence-corrected chi connectivity index (χ2v) is 3.04. The minimum Gasteiger partial charge on any atom is -0.872 e. The van der Waals surface area contributed by atoms with E-state index in [9.17, 15) is 9.90 Å². The third-order valence-electron chi connectivity index (χ3n) is 1.82. The van der Waals surface area contributed by atoms with Crippen LogP contribution in [-0.2, 0) is 6.42 Å². The molecule has 3 nitrogen and oxygen atoms in total. The Balaban J connectivity index is 2.61. The highest BCUT2D eigenvalue weighted by Crippen LogP contribution is 2.08. The van der Waals surface area contributed by atoms with Crippen LogP contribution in [0.5, 0.6) is 5.75 Å². The summed E-state index contributed by atoms with van der Waals surface area (Å²) in [6, 6.07) is 2.35. The van der Waals surface area contributed by atoms with Crippen LogP contribution >= 0.6 is 0 Å². The lowest BCUT2D eigenvalue weighted by Crippen LogP contribution is -2.03. The van der Waals surface area contributed by atoms with Gasteiger partial charge in [-0.2, -0.15) is 0 Å². The van der Waals surface area contributed by atoms with Crippen molar-refractivity contribution in [3.05, 3.63) is 28.3 Å². The molecule has 0 aliphatic carbocycles. The monoisotopic (exact) mass is 181 g/mol. The molecule has 0 fully saturated rings. The molecule has 1 rings (SSSR count). The van der Waals surface area contributed by atoms with Gasteiger partial charge >= 0.3 is 5.63 Å². The maximum absolute atomic E-state index is 10.9. The normalized spacial score (nSPS) is 10.2. The first-order chi connectivity index (χ1) is 6.22. The zero-order chi connectivity index (χ0) is 9.68. The lowest BCUT2D eigenvalue weighted by molar-refractivity contribution is -0.268. The summed E-state index contributed by atoms with van der Waals surface area (Å²) in [7, 11) is 0. The highest BCUT2D eigenvalue weighted by Gasteiger charge is 1.96. The lowest BCUT2D eigenvalue weighted by atomic mass is 10.1. The lowest BCUT2D eigenvalue weighted by Gasteiger charge is -2.05. The van der Waals surface area contributed by atoms with Crippen LogP contribution in [0.2, 0.25) is 0 Å². The van der Waals surface area contributed by atoms with E-state index in [-0.39, 0.29) is 5.75 Å². The van der Waals surface area contributed by atoms with Gasteiger partial charge in [-0.25, -0.2) is 4.79 Å². The van der Waals surface area contributed by atoms with Gasteiger partial charge in [-0.15, -0.1) is 0 Å². The smallest absolute Gasteiger partial charge is 0.335 e. The molecule has 72 valence electrons. The largest absolute Gasteiger partial charge is 0.872 e. The highest BCUT2D eigenvalue weighted by molar-refractivity contribution is 5.16. The first-order valence-corrected chi connectivity index (χ1v) is 4.53. The average molecular weight is 181 g/mol. The van der Waals surface area contributed by atoms with Crippen LogP contribution in [0.15, 0.2) is 21.3 Å². The molecule has 3 heteroatoms. The summed E-state index contributed by atoms with van der Waals surface area (Å²) in [6.45, 7) is 2.10. The van der Waals surface area contributed by atoms with Crippen molar-refractivity contribution in [1.82, 2.24) is 0 Å². The molecule has 0 bridgehead atoms. The molecule has 0 saturated heterocycles. The number of unbranched alkanes of at least 4 members (excludes halogenated alkanes) is 2. The van der Waals surface area contributed by atoms with Crippen molar-refractivity contribution in [2.45, 2.75) is 32.6 Å². The number of hydrogen-bond donors (Lipinski definition) is 0. The summed E-state index contributed by atoms with van der Waals surface area (Å²) >= 11 is 0. The van der Waals surface area contributed by atoms with Crippen LogP contribution in [0.3, 0.4) is 0 Å². The summed E-state index contributed by atoms with van der Waals surface area (Å²) in [5, 5.41) is 10.9. The van der Waals surface area contributed by atoms with E-state index in [1.165, 1.54) is 6.07 Å². The number of hydrogen-bond acceptors (Lipinski definition) is 3. The molecule has 0 atom stereocenters. The minimum atomic E-state index is -0.543. The van der Waals surface area contributed by atoms with Crippen LogP contribution in [-0.4, -0.2) is 0 Å². The van der Waals surface area contributed by atoms with Crippen LogP contribution in [0.1, 0.15) is 31.9 Å². The van der Waals surface area contributed by atoms with Crippen molar-refractivity contribution in [3.8, 4) is 5.75 Å². The molecule has 13 heavy (non-hydrogen) atoms. The first kappa shape index (κ1) is 9.84. The Kier molecular flexibility index (Phi) is 3.55. The second kappa shape index (κ2) is 4.70. The molecule has 1 aromatic heterocycles. The van der Waals surface area contributed by atoms with Gasteiger partial charge in [0.25, 0.3) is 0 Å². The molecule has 0 unspecified atom stereocenters. The fraction of sp³-hybridized carbons (Fsp3) is 0.500. The summed E-state index contributed by atoms with van der Waals surface area (Å²) in [4.78, 5) is 10.8. The van der Waals surface area contributed by atoms with Crippen molar-refractivity contribution in [2.75, 3.05) is 0 Å². The quantitative estimate of drug-likeness (QED) is 0.660. The molecular formula is C10H13O3-. The molecule has 0 radical (unpaired) electrons. The summed E-state index contributed by atoms with van der Waals surface area (Å²) < 4.78 is 4.85. The molecule has 0 aliphatic heterocycles. The zero-order valence-corrected chi connectivity index (χ0v) is 7.71. The predicted octanol–water partition coefficient (Wildman–Crippen LogP) is 1.45. The molecule has 1 heterocycles. The molecular weight excluding hydrogens is 168 g/mol. The van der Waals surface area contributed by atoms with Crippen LogP contribution in [0.4, 0.5) is 0 Å². The van der Waals surface area contributed by atoms with Gasteiger partial charge in [0.1, 0.15) is 5.76 Å². The minimum absolute atomic E-state index is 0.261. The van der Waals surface area contributed by atoms with E-state index in [1.54, 1.807) is 0 Å². The Morgan fingerprint density at radius 3 is 2.77 bits per heavy atom. The first-order valence-electron chi connectivity index (χ1n) is 4.53. The maximum atomic E-state index is 10.9. The van der Waals surface area contributed by atoms with Crippen LogP contribution in [0, 0.1) is 0 Å². The van der Waals surface area contributed by atoms with Crippen molar-refractivity contribution in [2.24, 2.45) is 0 Å². The van der Waals surface area contributed by atoms with Crippen molar-refractivity contribution in [3.63, 3.8) is 0 Å². The molecule has 0 aromatic carbocycles. The second-order valence-electron chi connectivity index (χ2n) is 3.04. The molecule has 0 amide bonds. The molecule has 0 aliphatic rings. The maximum Gasteiger partial charge on any atom is 0.335 e. The third-order valence-corrected chi connectivity index (χ3v) is 1.82. The van der Waals surface area contributed by atoms with Crippen molar-refractivity contribution >= 4 is 0 Å². The molecule has 1 aromatic rings. The average Bonchev–Trinajstić information content (AvgIpc) is 2.03. The van der Waals surface area contributed by atoms with Gasteiger partial charge in [-0.05, 0) is 12.5 Å². The van der Waals surface area contributed by atoms with Crippen molar-refractivity contribution in [1.29, 1.82) is 0 Å². The molecule has 0 saturated carbocycles. The third kappa shape index (κ3) is 3.32. The molecule has 0 N–H and O–H groups in total. The molecule has 0 spiro atoms.